The van der Waals surface area contributed by atoms with E-state index in [4.69, 9.17) is 17.0 Å². The van der Waals surface area contributed by atoms with E-state index in [9.17, 15) is 0 Å². The average molecular weight is 226 g/mol. The molecule has 1 atom stereocenters. The molecule has 0 aromatic carbocycles. The molecule has 0 aliphatic rings. The number of aromatic nitrogens is 2. The van der Waals surface area contributed by atoms with Crippen LogP contribution in [0.25, 0.3) is 0 Å². The molecule has 1 unspecified atom stereocenters. The number of nitrogens with zero attached hydrogens (tertiary/aromatic N) is 1. The highest BCUT2D eigenvalue weighted by molar-refractivity contribution is 7.71. The largest absolute Gasteiger partial charge is 0.370 e. The molecule has 4 heteroatoms. The van der Waals surface area contributed by atoms with E-state index in [1.165, 1.54) is 0 Å². The summed E-state index contributed by atoms with van der Waals surface area (Å²) < 4.78 is 6.40. The first kappa shape index (κ1) is 12.3. The summed E-state index contributed by atoms with van der Waals surface area (Å²) in [6.45, 7) is 9.02. The number of aromatic amines is 1. The Kier molecular flexibility index (Phi) is 3.99. The zero-order valence-corrected chi connectivity index (χ0v) is 10.5. The Morgan fingerprint density at radius 2 is 2.20 bits per heavy atom. The van der Waals surface area contributed by atoms with Crippen LogP contribution >= 0.6 is 12.2 Å². The van der Waals surface area contributed by atoms with Gasteiger partial charge in [0.25, 0.3) is 0 Å². The first-order valence-corrected chi connectivity index (χ1v) is 5.53. The van der Waals surface area contributed by atoms with Crippen molar-refractivity contribution in [1.29, 1.82) is 0 Å². The minimum atomic E-state index is -0.0506. The Balaban J connectivity index is 3.04. The van der Waals surface area contributed by atoms with Crippen LogP contribution in [0.1, 0.15) is 39.6 Å². The predicted octanol–water partition coefficient (Wildman–Crippen LogP) is 3.26. The van der Waals surface area contributed by atoms with Crippen molar-refractivity contribution < 1.29 is 4.74 Å². The summed E-state index contributed by atoms with van der Waals surface area (Å²) in [7, 11) is 0. The van der Waals surface area contributed by atoms with Gasteiger partial charge in [-0.05, 0) is 18.4 Å². The number of nitrogens with one attached hydrogen (secondary N) is 1. The summed E-state index contributed by atoms with van der Waals surface area (Å²) in [4.78, 5) is 7.36. The molecule has 1 aromatic heterocycles. The van der Waals surface area contributed by atoms with Gasteiger partial charge in [0.2, 0.25) is 0 Å². The number of hydrogen-bond donors (Lipinski definition) is 1. The van der Waals surface area contributed by atoms with Crippen LogP contribution in [0.4, 0.5) is 0 Å². The molecule has 1 N–H and O–H groups in total. The fourth-order valence-electron chi connectivity index (χ4n) is 1.42. The van der Waals surface area contributed by atoms with Crippen molar-refractivity contribution in [3.8, 4) is 0 Å². The van der Waals surface area contributed by atoms with Gasteiger partial charge in [-0.3, -0.25) is 0 Å². The number of H-pyrrole nitrogens is 1. The molecule has 0 aliphatic heterocycles. The second-order valence-electron chi connectivity index (χ2n) is 4.52. The van der Waals surface area contributed by atoms with Crippen molar-refractivity contribution in [2.24, 2.45) is 5.41 Å². The van der Waals surface area contributed by atoms with E-state index in [0.29, 0.717) is 11.2 Å². The second-order valence-corrected chi connectivity index (χ2v) is 4.96. The van der Waals surface area contributed by atoms with Crippen molar-refractivity contribution in [3.05, 3.63) is 22.7 Å². The Bertz CT molecular complexity index is 367. The third-order valence-electron chi connectivity index (χ3n) is 2.06. The Morgan fingerprint density at radius 3 is 2.67 bits per heavy atom. The summed E-state index contributed by atoms with van der Waals surface area (Å²) in [6.07, 6.45) is 1.66. The lowest BCUT2D eigenvalue weighted by Crippen LogP contribution is -2.23. The maximum atomic E-state index is 5.71. The Labute approximate surface area is 95.9 Å². The SMILES string of the molecule is CCOC(c1nccc(=S)[nH]1)C(C)(C)C. The fraction of sp³-hybridized carbons (Fsp3) is 0.636. The molecular weight excluding hydrogens is 208 g/mol. The third-order valence-corrected chi connectivity index (χ3v) is 2.30. The molecule has 15 heavy (non-hydrogen) atoms. The zero-order valence-electron chi connectivity index (χ0n) is 9.70. The third kappa shape index (κ3) is 3.39. The van der Waals surface area contributed by atoms with Gasteiger partial charge in [-0.1, -0.05) is 33.0 Å². The Hall–Kier alpha value is -0.740. The van der Waals surface area contributed by atoms with E-state index in [0.717, 1.165) is 5.82 Å². The normalized spacial score (nSPS) is 13.9. The van der Waals surface area contributed by atoms with Gasteiger partial charge in [0.15, 0.2) is 0 Å². The van der Waals surface area contributed by atoms with Gasteiger partial charge in [0, 0.05) is 12.8 Å². The molecule has 0 saturated heterocycles. The van der Waals surface area contributed by atoms with Gasteiger partial charge >= 0.3 is 0 Å². The highest BCUT2D eigenvalue weighted by Gasteiger charge is 2.28. The van der Waals surface area contributed by atoms with E-state index >= 15 is 0 Å². The molecule has 0 spiro atoms. The number of ether oxygens (including phenoxy) is 1. The molecule has 0 saturated carbocycles. The van der Waals surface area contributed by atoms with Crippen molar-refractivity contribution >= 4 is 12.2 Å². The maximum absolute atomic E-state index is 5.71. The molecule has 0 aliphatic carbocycles. The van der Waals surface area contributed by atoms with Gasteiger partial charge in [0.1, 0.15) is 16.6 Å². The zero-order chi connectivity index (χ0) is 11.5. The van der Waals surface area contributed by atoms with Gasteiger partial charge in [-0.15, -0.1) is 0 Å². The lowest BCUT2D eigenvalue weighted by atomic mass is 9.88. The molecule has 84 valence electrons. The molecule has 0 radical (unpaired) electrons. The molecule has 0 bridgehead atoms. The summed E-state index contributed by atoms with van der Waals surface area (Å²) >= 11 is 5.07. The highest BCUT2D eigenvalue weighted by Crippen LogP contribution is 2.33. The van der Waals surface area contributed by atoms with Gasteiger partial charge in [0.05, 0.1) is 0 Å². The van der Waals surface area contributed by atoms with Crippen LogP contribution in [0, 0.1) is 10.1 Å². The van der Waals surface area contributed by atoms with Crippen molar-refractivity contribution in [2.75, 3.05) is 6.61 Å². The van der Waals surface area contributed by atoms with Crippen molar-refractivity contribution in [1.82, 2.24) is 9.97 Å². The number of hydrogen-bond acceptors (Lipinski definition) is 3. The summed E-state index contributed by atoms with van der Waals surface area (Å²) in [5, 5.41) is 0. The molecule has 0 amide bonds. The second kappa shape index (κ2) is 4.86. The number of rotatable bonds is 3. The van der Waals surface area contributed by atoms with E-state index < -0.39 is 0 Å². The first-order valence-electron chi connectivity index (χ1n) is 5.12. The smallest absolute Gasteiger partial charge is 0.136 e. The van der Waals surface area contributed by atoms with Crippen molar-refractivity contribution in [2.45, 2.75) is 33.8 Å². The van der Waals surface area contributed by atoms with Crippen LogP contribution in [-0.4, -0.2) is 16.6 Å². The van der Waals surface area contributed by atoms with Crippen LogP contribution in [-0.2, 0) is 4.74 Å². The molecule has 1 rings (SSSR count). The lowest BCUT2D eigenvalue weighted by molar-refractivity contribution is -0.0191. The molecule has 3 nitrogen and oxygen atoms in total. The molecule has 1 heterocycles. The van der Waals surface area contributed by atoms with Gasteiger partial charge in [-0.25, -0.2) is 4.98 Å². The summed E-state index contributed by atoms with van der Waals surface area (Å²) in [5.41, 5.74) is 0.00262. The quantitative estimate of drug-likeness (QED) is 0.804. The van der Waals surface area contributed by atoms with Crippen LogP contribution in [0.5, 0.6) is 0 Å². The maximum Gasteiger partial charge on any atom is 0.136 e. The highest BCUT2D eigenvalue weighted by atomic mass is 32.1. The van der Waals surface area contributed by atoms with Gasteiger partial charge < -0.3 is 9.72 Å². The molecular formula is C11H18N2OS. The van der Waals surface area contributed by atoms with E-state index in [-0.39, 0.29) is 11.5 Å². The van der Waals surface area contributed by atoms with E-state index in [2.05, 4.69) is 30.7 Å². The van der Waals surface area contributed by atoms with Crippen molar-refractivity contribution in [3.63, 3.8) is 0 Å². The Morgan fingerprint density at radius 1 is 1.53 bits per heavy atom. The summed E-state index contributed by atoms with van der Waals surface area (Å²) in [6, 6.07) is 1.77. The standard InChI is InChI=1S/C11H18N2OS/c1-5-14-9(11(2,3)4)10-12-7-6-8(15)13-10/h6-7,9H,5H2,1-4H3,(H,12,13,15). The monoisotopic (exact) mass is 226 g/mol. The lowest BCUT2D eigenvalue weighted by Gasteiger charge is -2.29. The minimum Gasteiger partial charge on any atom is -0.370 e. The molecule has 1 aromatic rings. The predicted molar refractivity (Wildman–Crippen MR) is 63.2 cm³/mol. The van der Waals surface area contributed by atoms with E-state index in [1.807, 2.05) is 6.92 Å². The fourth-order valence-corrected chi connectivity index (χ4v) is 1.59. The van der Waals surface area contributed by atoms with Crippen LogP contribution in [0.3, 0.4) is 0 Å². The van der Waals surface area contributed by atoms with Crippen LogP contribution in [0.2, 0.25) is 0 Å². The van der Waals surface area contributed by atoms with E-state index in [1.54, 1.807) is 12.3 Å². The van der Waals surface area contributed by atoms with Gasteiger partial charge in [-0.2, -0.15) is 0 Å². The average Bonchev–Trinajstić information content (AvgIpc) is 2.12. The first-order chi connectivity index (χ1) is 6.95. The van der Waals surface area contributed by atoms with Crippen LogP contribution < -0.4 is 0 Å². The summed E-state index contributed by atoms with van der Waals surface area (Å²) in [5.74, 6) is 0.803. The topological polar surface area (TPSA) is 37.9 Å². The van der Waals surface area contributed by atoms with Crippen LogP contribution in [0.15, 0.2) is 12.3 Å². The molecule has 0 fully saturated rings. The minimum absolute atomic E-state index is 0.00262.